The second kappa shape index (κ2) is 3.17. The van der Waals surface area contributed by atoms with E-state index in [2.05, 4.69) is 22.1 Å². The fourth-order valence-electron chi connectivity index (χ4n) is 1.88. The molecule has 1 aromatic carbocycles. The largest absolute Gasteiger partial charge is 0.384 e. The summed E-state index contributed by atoms with van der Waals surface area (Å²) < 4.78 is 0. The quantitative estimate of drug-likeness (QED) is 0.579. The molecule has 0 aliphatic rings. The van der Waals surface area contributed by atoms with Crippen LogP contribution in [0.25, 0.3) is 21.8 Å². The maximum absolute atomic E-state index is 5.71. The van der Waals surface area contributed by atoms with Gasteiger partial charge in [0.1, 0.15) is 5.82 Å². The number of hydrogen-bond acceptors (Lipinski definition) is 3. The van der Waals surface area contributed by atoms with Crippen molar-refractivity contribution in [2.45, 2.75) is 6.92 Å². The van der Waals surface area contributed by atoms with Gasteiger partial charge in [-0.1, -0.05) is 18.2 Å². The Morgan fingerprint density at radius 2 is 1.38 bits per heavy atom. The molecule has 3 nitrogen and oxygen atoms in total. The Kier molecular flexibility index (Phi) is 1.80. The Labute approximate surface area is 92.9 Å². The zero-order valence-electron chi connectivity index (χ0n) is 8.94. The highest BCUT2D eigenvalue weighted by molar-refractivity contribution is 6.03. The van der Waals surface area contributed by atoms with Crippen LogP contribution < -0.4 is 5.73 Å². The number of fused-ring (bicyclic) bond motifs is 3. The molecule has 3 aromatic rings. The summed E-state index contributed by atoms with van der Waals surface area (Å²) in [5.74, 6) is 0.531. The van der Waals surface area contributed by atoms with Crippen LogP contribution in [0.5, 0.6) is 0 Å². The molecule has 16 heavy (non-hydrogen) atoms. The molecule has 0 unspecified atom stereocenters. The number of benzene rings is 1. The SMILES string of the molecule is Cc1ccc2ccc3ccc(N)nc3c2n1. The van der Waals surface area contributed by atoms with E-state index >= 15 is 0 Å². The summed E-state index contributed by atoms with van der Waals surface area (Å²) in [5.41, 5.74) is 8.50. The van der Waals surface area contributed by atoms with Crippen LogP contribution in [0, 0.1) is 6.92 Å². The molecule has 0 radical (unpaired) electrons. The van der Waals surface area contributed by atoms with E-state index in [1.807, 2.05) is 31.2 Å². The zero-order chi connectivity index (χ0) is 11.1. The number of rotatable bonds is 0. The molecule has 3 heteroatoms. The molecule has 2 N–H and O–H groups in total. The van der Waals surface area contributed by atoms with E-state index in [1.165, 1.54) is 0 Å². The summed E-state index contributed by atoms with van der Waals surface area (Å²) in [6.45, 7) is 1.98. The third-order valence-corrected chi connectivity index (χ3v) is 2.68. The van der Waals surface area contributed by atoms with Gasteiger partial charge in [0.25, 0.3) is 0 Å². The van der Waals surface area contributed by atoms with Crippen molar-refractivity contribution in [1.82, 2.24) is 9.97 Å². The number of aryl methyl sites for hydroxylation is 1. The van der Waals surface area contributed by atoms with Gasteiger partial charge in [-0.05, 0) is 25.1 Å². The summed E-state index contributed by atoms with van der Waals surface area (Å²) >= 11 is 0. The van der Waals surface area contributed by atoms with Gasteiger partial charge in [-0.3, -0.25) is 4.98 Å². The second-order valence-electron chi connectivity index (χ2n) is 3.90. The molecule has 0 spiro atoms. The van der Waals surface area contributed by atoms with Gasteiger partial charge < -0.3 is 5.73 Å². The van der Waals surface area contributed by atoms with Crippen molar-refractivity contribution in [2.75, 3.05) is 5.73 Å². The van der Waals surface area contributed by atoms with Gasteiger partial charge in [-0.15, -0.1) is 0 Å². The van der Waals surface area contributed by atoms with Crippen molar-refractivity contribution in [3.8, 4) is 0 Å². The first kappa shape index (κ1) is 9.09. The molecular weight excluding hydrogens is 198 g/mol. The van der Waals surface area contributed by atoms with Crippen LogP contribution in [0.4, 0.5) is 5.82 Å². The molecule has 3 rings (SSSR count). The number of anilines is 1. The van der Waals surface area contributed by atoms with Crippen molar-refractivity contribution >= 4 is 27.6 Å². The molecule has 0 fully saturated rings. The highest BCUT2D eigenvalue weighted by atomic mass is 14.8. The topological polar surface area (TPSA) is 51.8 Å². The van der Waals surface area contributed by atoms with Crippen LogP contribution >= 0.6 is 0 Å². The second-order valence-corrected chi connectivity index (χ2v) is 3.90. The highest BCUT2D eigenvalue weighted by Crippen LogP contribution is 2.23. The Bertz CT molecular complexity index is 628. The number of aromatic nitrogens is 2. The average Bonchev–Trinajstić information content (AvgIpc) is 2.29. The fourth-order valence-corrected chi connectivity index (χ4v) is 1.88. The number of nitrogens with zero attached hydrogens (tertiary/aromatic N) is 2. The molecule has 78 valence electrons. The zero-order valence-corrected chi connectivity index (χ0v) is 8.94. The number of nitrogen functional groups attached to an aromatic ring is 1. The molecule has 2 aromatic heterocycles. The first-order valence-electron chi connectivity index (χ1n) is 5.17. The van der Waals surface area contributed by atoms with E-state index in [0.717, 1.165) is 27.5 Å². The molecule has 0 bridgehead atoms. The summed E-state index contributed by atoms with van der Waals surface area (Å²) in [6.07, 6.45) is 0. The molecular formula is C13H11N3. The van der Waals surface area contributed by atoms with E-state index in [4.69, 9.17) is 5.73 Å². The first-order valence-corrected chi connectivity index (χ1v) is 5.17. The van der Waals surface area contributed by atoms with Gasteiger partial charge in [0.15, 0.2) is 0 Å². The molecule has 0 aliphatic carbocycles. The van der Waals surface area contributed by atoms with Crippen LogP contribution in [0.1, 0.15) is 5.69 Å². The van der Waals surface area contributed by atoms with Gasteiger partial charge in [0.2, 0.25) is 0 Å². The summed E-state index contributed by atoms with van der Waals surface area (Å²) in [5, 5.41) is 2.16. The van der Waals surface area contributed by atoms with Crippen molar-refractivity contribution in [3.05, 3.63) is 42.1 Å². The predicted molar refractivity (Wildman–Crippen MR) is 66.2 cm³/mol. The third-order valence-electron chi connectivity index (χ3n) is 2.68. The van der Waals surface area contributed by atoms with Gasteiger partial charge in [0.05, 0.1) is 11.0 Å². The third kappa shape index (κ3) is 1.29. The van der Waals surface area contributed by atoms with Crippen LogP contribution in [0.3, 0.4) is 0 Å². The number of hydrogen-bond donors (Lipinski definition) is 1. The van der Waals surface area contributed by atoms with Gasteiger partial charge >= 0.3 is 0 Å². The van der Waals surface area contributed by atoms with E-state index in [9.17, 15) is 0 Å². The summed E-state index contributed by atoms with van der Waals surface area (Å²) in [7, 11) is 0. The molecule has 2 heterocycles. The van der Waals surface area contributed by atoms with E-state index in [0.29, 0.717) is 5.82 Å². The van der Waals surface area contributed by atoms with Crippen molar-refractivity contribution < 1.29 is 0 Å². The minimum Gasteiger partial charge on any atom is -0.384 e. The highest BCUT2D eigenvalue weighted by Gasteiger charge is 2.03. The van der Waals surface area contributed by atoms with Gasteiger partial charge in [-0.2, -0.15) is 0 Å². The fraction of sp³-hybridized carbons (Fsp3) is 0.0769. The van der Waals surface area contributed by atoms with E-state index in [1.54, 1.807) is 0 Å². The molecule has 0 atom stereocenters. The van der Waals surface area contributed by atoms with Gasteiger partial charge in [0, 0.05) is 16.5 Å². The smallest absolute Gasteiger partial charge is 0.124 e. The lowest BCUT2D eigenvalue weighted by Gasteiger charge is -2.03. The molecule has 0 saturated heterocycles. The Balaban J connectivity index is 2.55. The first-order chi connectivity index (χ1) is 7.74. The summed E-state index contributed by atoms with van der Waals surface area (Å²) in [4.78, 5) is 8.89. The lowest BCUT2D eigenvalue weighted by molar-refractivity contribution is 1.25. The number of nitrogens with two attached hydrogens (primary N) is 1. The van der Waals surface area contributed by atoms with Gasteiger partial charge in [-0.25, -0.2) is 4.98 Å². The normalized spacial score (nSPS) is 11.1. The van der Waals surface area contributed by atoms with Crippen LogP contribution in [0.2, 0.25) is 0 Å². The van der Waals surface area contributed by atoms with Crippen LogP contribution in [-0.2, 0) is 0 Å². The van der Waals surface area contributed by atoms with E-state index < -0.39 is 0 Å². The standard InChI is InChI=1S/C13H11N3/c1-8-2-3-9-4-5-10-6-7-11(14)16-13(10)12(9)15-8/h2-7H,1H3,(H2,14,16). The van der Waals surface area contributed by atoms with Crippen molar-refractivity contribution in [2.24, 2.45) is 0 Å². The average molecular weight is 209 g/mol. The Morgan fingerprint density at radius 3 is 2.12 bits per heavy atom. The lowest BCUT2D eigenvalue weighted by Crippen LogP contribution is -1.92. The predicted octanol–water partition coefficient (Wildman–Crippen LogP) is 2.67. The van der Waals surface area contributed by atoms with Crippen LogP contribution in [0.15, 0.2) is 36.4 Å². The monoisotopic (exact) mass is 209 g/mol. The molecule has 0 amide bonds. The minimum absolute atomic E-state index is 0.531. The lowest BCUT2D eigenvalue weighted by atomic mass is 10.1. The Hall–Kier alpha value is -2.16. The molecule has 0 aliphatic heterocycles. The maximum Gasteiger partial charge on any atom is 0.124 e. The van der Waals surface area contributed by atoms with Crippen molar-refractivity contribution in [3.63, 3.8) is 0 Å². The number of pyridine rings is 2. The van der Waals surface area contributed by atoms with Crippen LogP contribution in [-0.4, -0.2) is 9.97 Å². The van der Waals surface area contributed by atoms with Crippen molar-refractivity contribution in [1.29, 1.82) is 0 Å². The maximum atomic E-state index is 5.71. The Morgan fingerprint density at radius 1 is 0.812 bits per heavy atom. The molecule has 0 saturated carbocycles. The summed E-state index contributed by atoms with van der Waals surface area (Å²) in [6, 6.07) is 11.9. The van der Waals surface area contributed by atoms with E-state index in [-0.39, 0.29) is 0 Å². The minimum atomic E-state index is 0.531.